The second kappa shape index (κ2) is 5.07. The Hall–Kier alpha value is 0.140. The van der Waals surface area contributed by atoms with Crippen molar-refractivity contribution in [1.82, 2.24) is 0 Å². The maximum absolute atomic E-state index is 10.5. The summed E-state index contributed by atoms with van der Waals surface area (Å²) in [6.45, 7) is 4.78. The Balaban J connectivity index is 1.73. The molecule has 0 bridgehead atoms. The summed E-state index contributed by atoms with van der Waals surface area (Å²) >= 11 is 3.98. The summed E-state index contributed by atoms with van der Waals surface area (Å²) in [6, 6.07) is 0. The highest BCUT2D eigenvalue weighted by Crippen LogP contribution is 2.65. The van der Waals surface area contributed by atoms with Crippen molar-refractivity contribution in [2.75, 3.05) is 0 Å². The standard InChI is InChI=1S/C19H29BrO2/c1-18-7-5-12(21)9-11(18)10-15(20)17-13-3-4-16(22)19(13,2)8-6-14(17)18/h10,12-17,21-22H,3-9H2,1-2H3/t12-,13-,14-,15-,16-,17-,18-,19-/m0/s1. The minimum absolute atomic E-state index is 0.107. The molecule has 0 saturated heterocycles. The third-order valence-electron chi connectivity index (χ3n) is 8.02. The molecule has 0 spiro atoms. The molecule has 3 fully saturated rings. The monoisotopic (exact) mass is 368 g/mol. The first-order valence-electron chi connectivity index (χ1n) is 9.07. The third kappa shape index (κ3) is 1.97. The molecule has 4 rings (SSSR count). The summed E-state index contributed by atoms with van der Waals surface area (Å²) in [4.78, 5) is 0.417. The fourth-order valence-corrected chi connectivity index (χ4v) is 7.61. The van der Waals surface area contributed by atoms with Crippen molar-refractivity contribution in [3.63, 3.8) is 0 Å². The first-order chi connectivity index (χ1) is 10.4. The van der Waals surface area contributed by atoms with Crippen molar-refractivity contribution in [3.05, 3.63) is 11.6 Å². The van der Waals surface area contributed by atoms with E-state index in [0.29, 0.717) is 22.6 Å². The molecule has 8 atom stereocenters. The van der Waals surface area contributed by atoms with Gasteiger partial charge in [-0.1, -0.05) is 41.4 Å². The van der Waals surface area contributed by atoms with Crippen LogP contribution < -0.4 is 0 Å². The zero-order chi connectivity index (χ0) is 15.7. The number of hydrogen-bond acceptors (Lipinski definition) is 2. The van der Waals surface area contributed by atoms with Gasteiger partial charge in [0.25, 0.3) is 0 Å². The van der Waals surface area contributed by atoms with Crippen molar-refractivity contribution in [2.24, 2.45) is 28.6 Å². The Kier molecular flexibility index (Phi) is 3.61. The normalized spacial score (nSPS) is 57.6. The Bertz CT molecular complexity index is 504. The van der Waals surface area contributed by atoms with Crippen LogP contribution in [0.5, 0.6) is 0 Å². The predicted molar refractivity (Wildman–Crippen MR) is 91.8 cm³/mol. The summed E-state index contributed by atoms with van der Waals surface area (Å²) in [5.74, 6) is 2.01. The van der Waals surface area contributed by atoms with Gasteiger partial charge in [-0.15, -0.1) is 0 Å². The average Bonchev–Trinajstić information content (AvgIpc) is 2.77. The number of aliphatic hydroxyl groups is 2. The van der Waals surface area contributed by atoms with Gasteiger partial charge < -0.3 is 10.2 Å². The van der Waals surface area contributed by atoms with Crippen molar-refractivity contribution in [3.8, 4) is 0 Å². The fraction of sp³-hybridized carbons (Fsp3) is 0.895. The van der Waals surface area contributed by atoms with Gasteiger partial charge in [0.1, 0.15) is 0 Å². The highest BCUT2D eigenvalue weighted by Gasteiger charge is 2.60. The number of rotatable bonds is 0. The molecule has 0 aromatic carbocycles. The van der Waals surface area contributed by atoms with E-state index >= 15 is 0 Å². The van der Waals surface area contributed by atoms with Crippen LogP contribution in [0.4, 0.5) is 0 Å². The highest BCUT2D eigenvalue weighted by atomic mass is 79.9. The SMILES string of the molecule is C[C@]12CC[C@H]3[C@@H]([C@@H](Br)C=C4C[C@@H](O)CC[C@@]43C)[C@@H]1CC[C@@H]2O. The van der Waals surface area contributed by atoms with Crippen LogP contribution in [0, 0.1) is 28.6 Å². The molecule has 2 N–H and O–H groups in total. The maximum atomic E-state index is 10.5. The van der Waals surface area contributed by atoms with Crippen LogP contribution in [-0.4, -0.2) is 27.2 Å². The van der Waals surface area contributed by atoms with E-state index in [1.165, 1.54) is 24.8 Å². The molecule has 0 heterocycles. The molecule has 3 saturated carbocycles. The summed E-state index contributed by atoms with van der Waals surface area (Å²) in [5, 5.41) is 20.6. The predicted octanol–water partition coefficient (Wildman–Crippen LogP) is 4.04. The molecule has 3 heteroatoms. The van der Waals surface area contributed by atoms with Gasteiger partial charge in [0, 0.05) is 4.83 Å². The Morgan fingerprint density at radius 3 is 2.59 bits per heavy atom. The topological polar surface area (TPSA) is 40.5 Å². The maximum Gasteiger partial charge on any atom is 0.0596 e. The summed E-state index contributed by atoms with van der Waals surface area (Å²) in [7, 11) is 0. The van der Waals surface area contributed by atoms with Crippen LogP contribution in [0.1, 0.15) is 58.8 Å². The first kappa shape index (κ1) is 15.7. The van der Waals surface area contributed by atoms with E-state index < -0.39 is 0 Å². The fourth-order valence-electron chi connectivity index (χ4n) is 6.56. The van der Waals surface area contributed by atoms with Crippen LogP contribution in [0.2, 0.25) is 0 Å². The van der Waals surface area contributed by atoms with Crippen molar-refractivity contribution in [2.45, 2.75) is 75.8 Å². The number of halogens is 1. The minimum atomic E-state index is -0.141. The molecule has 0 aromatic heterocycles. The molecule has 124 valence electrons. The number of fused-ring (bicyclic) bond motifs is 5. The van der Waals surface area contributed by atoms with Gasteiger partial charge in [-0.25, -0.2) is 0 Å². The van der Waals surface area contributed by atoms with E-state index in [1.807, 2.05) is 0 Å². The number of hydrogen-bond donors (Lipinski definition) is 2. The lowest BCUT2D eigenvalue weighted by Gasteiger charge is -2.58. The summed E-state index contributed by atoms with van der Waals surface area (Å²) in [5.41, 5.74) is 1.91. The average molecular weight is 369 g/mol. The minimum Gasteiger partial charge on any atom is -0.393 e. The quantitative estimate of drug-likeness (QED) is 0.500. The zero-order valence-electron chi connectivity index (χ0n) is 13.8. The lowest BCUT2D eigenvalue weighted by atomic mass is 9.48. The summed E-state index contributed by atoms with van der Waals surface area (Å²) < 4.78 is 0. The molecule has 2 nitrogen and oxygen atoms in total. The van der Waals surface area contributed by atoms with Crippen molar-refractivity contribution >= 4 is 15.9 Å². The Morgan fingerprint density at radius 2 is 1.82 bits per heavy atom. The van der Waals surface area contributed by atoms with Crippen LogP contribution in [0.25, 0.3) is 0 Å². The van der Waals surface area contributed by atoms with Gasteiger partial charge in [0.2, 0.25) is 0 Å². The molecular weight excluding hydrogens is 340 g/mol. The van der Waals surface area contributed by atoms with E-state index in [9.17, 15) is 10.2 Å². The van der Waals surface area contributed by atoms with E-state index in [2.05, 4.69) is 35.9 Å². The van der Waals surface area contributed by atoms with E-state index in [0.717, 1.165) is 25.7 Å². The van der Waals surface area contributed by atoms with E-state index in [1.54, 1.807) is 0 Å². The molecule has 4 aliphatic carbocycles. The van der Waals surface area contributed by atoms with Gasteiger partial charge in [0.05, 0.1) is 12.2 Å². The Morgan fingerprint density at radius 1 is 1.05 bits per heavy atom. The molecule has 0 aliphatic heterocycles. The number of alkyl halides is 1. The number of allylic oxidation sites excluding steroid dienone is 1. The molecule has 0 radical (unpaired) electrons. The highest BCUT2D eigenvalue weighted by molar-refractivity contribution is 9.09. The molecule has 4 aliphatic rings. The Labute approximate surface area is 142 Å². The largest absolute Gasteiger partial charge is 0.393 e. The van der Waals surface area contributed by atoms with Gasteiger partial charge in [0.15, 0.2) is 0 Å². The van der Waals surface area contributed by atoms with Crippen LogP contribution >= 0.6 is 15.9 Å². The smallest absolute Gasteiger partial charge is 0.0596 e. The second-order valence-electron chi connectivity index (χ2n) is 8.88. The van der Waals surface area contributed by atoms with Gasteiger partial charge in [-0.3, -0.25) is 0 Å². The second-order valence-corrected chi connectivity index (χ2v) is 9.94. The third-order valence-corrected chi connectivity index (χ3v) is 8.89. The van der Waals surface area contributed by atoms with Crippen LogP contribution in [-0.2, 0) is 0 Å². The molecule has 0 unspecified atom stereocenters. The zero-order valence-corrected chi connectivity index (χ0v) is 15.3. The molecular formula is C19H29BrO2. The number of aliphatic hydroxyl groups excluding tert-OH is 2. The van der Waals surface area contributed by atoms with Crippen LogP contribution in [0.3, 0.4) is 0 Å². The van der Waals surface area contributed by atoms with Gasteiger partial charge in [-0.05, 0) is 73.5 Å². The van der Waals surface area contributed by atoms with Gasteiger partial charge >= 0.3 is 0 Å². The first-order valence-corrected chi connectivity index (χ1v) is 9.99. The van der Waals surface area contributed by atoms with Crippen molar-refractivity contribution in [1.29, 1.82) is 0 Å². The van der Waals surface area contributed by atoms with E-state index in [-0.39, 0.29) is 23.0 Å². The lowest BCUT2D eigenvalue weighted by molar-refractivity contribution is -0.0687. The molecule has 22 heavy (non-hydrogen) atoms. The van der Waals surface area contributed by atoms with Crippen molar-refractivity contribution < 1.29 is 10.2 Å². The van der Waals surface area contributed by atoms with E-state index in [4.69, 9.17) is 0 Å². The molecule has 0 aromatic rings. The molecule has 0 amide bonds. The summed E-state index contributed by atoms with van der Waals surface area (Å²) in [6.07, 6.45) is 9.71. The van der Waals surface area contributed by atoms with Crippen LogP contribution in [0.15, 0.2) is 11.6 Å². The van der Waals surface area contributed by atoms with Gasteiger partial charge in [-0.2, -0.15) is 0 Å². The lowest BCUT2D eigenvalue weighted by Crippen LogP contribution is -2.54.